The normalized spacial score (nSPS) is 16.3. The van der Waals surface area contributed by atoms with Crippen LogP contribution in [-0.4, -0.2) is 60.1 Å². The molecule has 0 aromatic carbocycles. The molecule has 0 aromatic rings. The number of unbranched alkanes of at least 4 members (excludes halogenated alkanes) is 2. The molecule has 5 heteroatoms. The van der Waals surface area contributed by atoms with Crippen LogP contribution in [0.3, 0.4) is 0 Å². The zero-order valence-corrected chi connectivity index (χ0v) is 12.3. The molecule has 0 heterocycles. The molecule has 0 spiro atoms. The van der Waals surface area contributed by atoms with E-state index < -0.39 is 12.2 Å². The van der Waals surface area contributed by atoms with Crippen molar-refractivity contribution in [3.8, 4) is 0 Å². The summed E-state index contributed by atoms with van der Waals surface area (Å²) >= 11 is 0. The van der Waals surface area contributed by atoms with Crippen LogP contribution in [0.2, 0.25) is 0 Å². The minimum Gasteiger partial charge on any atom is -0.394 e. The summed E-state index contributed by atoms with van der Waals surface area (Å²) in [6, 6.07) is 0. The second kappa shape index (κ2) is 12.8. The highest BCUT2D eigenvalue weighted by Gasteiger charge is 2.14. The van der Waals surface area contributed by atoms with Crippen LogP contribution in [0.4, 0.5) is 0 Å². The van der Waals surface area contributed by atoms with E-state index in [-0.39, 0.29) is 25.9 Å². The third-order valence-electron chi connectivity index (χ3n) is 3.04. The Morgan fingerprint density at radius 2 is 1.58 bits per heavy atom. The van der Waals surface area contributed by atoms with Crippen LogP contribution in [0.1, 0.15) is 46.0 Å². The maximum Gasteiger partial charge on any atom is 0.104 e. The molecule has 0 fully saturated rings. The first-order chi connectivity index (χ1) is 9.17. The van der Waals surface area contributed by atoms with Crippen molar-refractivity contribution in [1.82, 2.24) is 0 Å². The highest BCUT2D eigenvalue weighted by Crippen LogP contribution is 2.11. The largest absolute Gasteiger partial charge is 0.394 e. The van der Waals surface area contributed by atoms with Gasteiger partial charge in [0, 0.05) is 0 Å². The van der Waals surface area contributed by atoms with Crippen molar-refractivity contribution < 1.29 is 24.8 Å². The summed E-state index contributed by atoms with van der Waals surface area (Å²) in [6.07, 6.45) is 4.39. The van der Waals surface area contributed by atoms with Gasteiger partial charge in [0.25, 0.3) is 0 Å². The summed E-state index contributed by atoms with van der Waals surface area (Å²) in [5.74, 6) is 0. The fourth-order valence-electron chi connectivity index (χ4n) is 1.72. The number of rotatable bonds is 13. The Balaban J connectivity index is 3.82. The molecular formula is C14H30O5. The second-order valence-electron chi connectivity index (χ2n) is 4.83. The quantitative estimate of drug-likeness (QED) is 0.440. The summed E-state index contributed by atoms with van der Waals surface area (Å²) in [5.41, 5.74) is 0. The SMILES string of the molecule is CCCCCC(CC)OCC(CO)OCC(O)CO. The minimum atomic E-state index is -0.902. The summed E-state index contributed by atoms with van der Waals surface area (Å²) in [5, 5.41) is 27.0. The predicted octanol–water partition coefficient (Wildman–Crippen LogP) is 1.09. The van der Waals surface area contributed by atoms with E-state index >= 15 is 0 Å². The van der Waals surface area contributed by atoms with Gasteiger partial charge in [0.1, 0.15) is 12.2 Å². The third-order valence-corrected chi connectivity index (χ3v) is 3.04. The second-order valence-corrected chi connectivity index (χ2v) is 4.83. The van der Waals surface area contributed by atoms with Gasteiger partial charge in [-0.05, 0) is 12.8 Å². The first kappa shape index (κ1) is 18.8. The fourth-order valence-corrected chi connectivity index (χ4v) is 1.72. The van der Waals surface area contributed by atoms with Gasteiger partial charge < -0.3 is 24.8 Å². The lowest BCUT2D eigenvalue weighted by molar-refractivity contribution is -0.0909. The maximum absolute atomic E-state index is 9.17. The molecular weight excluding hydrogens is 248 g/mol. The molecule has 0 saturated heterocycles. The molecule has 0 bridgehead atoms. The molecule has 0 aliphatic carbocycles. The van der Waals surface area contributed by atoms with Gasteiger partial charge >= 0.3 is 0 Å². The molecule has 0 aromatic heterocycles. The van der Waals surface area contributed by atoms with E-state index in [1.165, 1.54) is 12.8 Å². The van der Waals surface area contributed by atoms with Gasteiger partial charge in [0.2, 0.25) is 0 Å². The Bertz CT molecular complexity index is 189. The van der Waals surface area contributed by atoms with Gasteiger partial charge in [-0.25, -0.2) is 0 Å². The monoisotopic (exact) mass is 278 g/mol. The number of aliphatic hydroxyl groups excluding tert-OH is 3. The molecule has 3 atom stereocenters. The van der Waals surface area contributed by atoms with Crippen molar-refractivity contribution in [3.63, 3.8) is 0 Å². The van der Waals surface area contributed by atoms with Gasteiger partial charge in [-0.1, -0.05) is 33.1 Å². The minimum absolute atomic E-state index is 0.0116. The van der Waals surface area contributed by atoms with Crippen LogP contribution in [-0.2, 0) is 9.47 Å². The summed E-state index contributed by atoms with van der Waals surface area (Å²) in [4.78, 5) is 0. The molecule has 0 rings (SSSR count). The van der Waals surface area contributed by atoms with Crippen molar-refractivity contribution >= 4 is 0 Å². The van der Waals surface area contributed by atoms with Gasteiger partial charge in [-0.2, -0.15) is 0 Å². The van der Waals surface area contributed by atoms with Crippen LogP contribution in [0.5, 0.6) is 0 Å². The smallest absolute Gasteiger partial charge is 0.104 e. The maximum atomic E-state index is 9.17. The number of ether oxygens (including phenoxy) is 2. The zero-order valence-electron chi connectivity index (χ0n) is 12.3. The summed E-state index contributed by atoms with van der Waals surface area (Å²) in [7, 11) is 0. The first-order valence-corrected chi connectivity index (χ1v) is 7.30. The Hall–Kier alpha value is -0.200. The Labute approximate surface area is 116 Å². The van der Waals surface area contributed by atoms with E-state index in [1.54, 1.807) is 0 Å². The molecule has 0 aliphatic heterocycles. The van der Waals surface area contributed by atoms with Gasteiger partial charge in [0.15, 0.2) is 0 Å². The number of hydrogen-bond acceptors (Lipinski definition) is 5. The Kier molecular flexibility index (Phi) is 12.7. The van der Waals surface area contributed by atoms with Crippen molar-refractivity contribution in [2.45, 2.75) is 64.3 Å². The molecule has 0 saturated carbocycles. The molecule has 19 heavy (non-hydrogen) atoms. The molecule has 0 aliphatic rings. The molecule has 0 amide bonds. The van der Waals surface area contributed by atoms with E-state index in [2.05, 4.69) is 13.8 Å². The average molecular weight is 278 g/mol. The van der Waals surface area contributed by atoms with Crippen molar-refractivity contribution in [1.29, 1.82) is 0 Å². The Morgan fingerprint density at radius 3 is 2.11 bits per heavy atom. The lowest BCUT2D eigenvalue weighted by Crippen LogP contribution is -2.31. The summed E-state index contributed by atoms with van der Waals surface area (Å²) < 4.78 is 11.0. The van der Waals surface area contributed by atoms with Crippen molar-refractivity contribution in [2.24, 2.45) is 0 Å². The Morgan fingerprint density at radius 1 is 0.895 bits per heavy atom. The lowest BCUT2D eigenvalue weighted by Gasteiger charge is -2.21. The molecule has 3 N–H and O–H groups in total. The van der Waals surface area contributed by atoms with E-state index in [1.807, 2.05) is 0 Å². The standard InChI is InChI=1S/C14H30O5/c1-3-5-6-7-13(4-2)19-11-14(9-16)18-10-12(17)8-15/h12-17H,3-11H2,1-2H3. The molecule has 5 nitrogen and oxygen atoms in total. The third kappa shape index (κ3) is 10.3. The highest BCUT2D eigenvalue weighted by molar-refractivity contribution is 4.61. The van der Waals surface area contributed by atoms with Gasteiger partial charge in [0.05, 0.1) is 32.5 Å². The lowest BCUT2D eigenvalue weighted by atomic mass is 10.1. The summed E-state index contributed by atoms with van der Waals surface area (Å²) in [6.45, 7) is 4.10. The number of hydrogen-bond donors (Lipinski definition) is 3. The molecule has 3 unspecified atom stereocenters. The number of aliphatic hydroxyl groups is 3. The topological polar surface area (TPSA) is 79.2 Å². The van der Waals surface area contributed by atoms with Crippen LogP contribution < -0.4 is 0 Å². The highest BCUT2D eigenvalue weighted by atomic mass is 16.5. The van der Waals surface area contributed by atoms with E-state index in [4.69, 9.17) is 19.7 Å². The van der Waals surface area contributed by atoms with Crippen LogP contribution >= 0.6 is 0 Å². The van der Waals surface area contributed by atoms with E-state index in [9.17, 15) is 5.11 Å². The molecule has 116 valence electrons. The van der Waals surface area contributed by atoms with Crippen LogP contribution in [0, 0.1) is 0 Å². The zero-order chi connectivity index (χ0) is 14.5. The van der Waals surface area contributed by atoms with Crippen LogP contribution in [0.15, 0.2) is 0 Å². The van der Waals surface area contributed by atoms with Gasteiger partial charge in [-0.3, -0.25) is 0 Å². The van der Waals surface area contributed by atoms with Gasteiger partial charge in [-0.15, -0.1) is 0 Å². The van der Waals surface area contributed by atoms with E-state index in [0.717, 1.165) is 19.3 Å². The predicted molar refractivity (Wildman–Crippen MR) is 74.1 cm³/mol. The molecule has 0 radical (unpaired) electrons. The van der Waals surface area contributed by atoms with Crippen molar-refractivity contribution in [2.75, 3.05) is 26.4 Å². The average Bonchev–Trinajstić information content (AvgIpc) is 2.45. The van der Waals surface area contributed by atoms with E-state index in [0.29, 0.717) is 6.61 Å². The first-order valence-electron chi connectivity index (χ1n) is 7.30. The van der Waals surface area contributed by atoms with Crippen LogP contribution in [0.25, 0.3) is 0 Å². The fraction of sp³-hybridized carbons (Fsp3) is 1.00. The van der Waals surface area contributed by atoms with Crippen molar-refractivity contribution in [3.05, 3.63) is 0 Å².